The van der Waals surface area contributed by atoms with Gasteiger partial charge >= 0.3 is 5.97 Å². The maximum absolute atomic E-state index is 13.2. The molecule has 6 heteroatoms. The lowest BCUT2D eigenvalue weighted by atomic mass is 9.80. The first kappa shape index (κ1) is 19.3. The molecule has 24 heavy (non-hydrogen) atoms. The quantitative estimate of drug-likeness (QED) is 0.689. The minimum absolute atomic E-state index is 0.152. The highest BCUT2D eigenvalue weighted by atomic mass is 32.1. The number of thiophene rings is 1. The number of hydrogen-bond acceptors (Lipinski definition) is 4. The second kappa shape index (κ2) is 7.91. The normalized spacial score (nSPS) is 18.6. The van der Waals surface area contributed by atoms with Crippen molar-refractivity contribution in [3.8, 4) is 0 Å². The molecule has 2 rings (SSSR count). The van der Waals surface area contributed by atoms with E-state index in [9.17, 15) is 13.6 Å². The smallest absolute Gasteiger partial charge is 0.338 e. The molecule has 0 spiro atoms. The van der Waals surface area contributed by atoms with Crippen LogP contribution in [0.2, 0.25) is 0 Å². The summed E-state index contributed by atoms with van der Waals surface area (Å²) in [5.41, 5.74) is 1.67. The van der Waals surface area contributed by atoms with Crippen LogP contribution in [-0.4, -0.2) is 43.5 Å². The average Bonchev–Trinajstić information content (AvgIpc) is 2.89. The number of hydrogen-bond donors (Lipinski definition) is 0. The number of carbonyl (C=O) groups is 1. The van der Waals surface area contributed by atoms with Crippen molar-refractivity contribution in [1.82, 2.24) is 4.90 Å². The van der Waals surface area contributed by atoms with Crippen molar-refractivity contribution in [3.05, 3.63) is 21.4 Å². The van der Waals surface area contributed by atoms with E-state index in [4.69, 9.17) is 4.74 Å². The summed E-state index contributed by atoms with van der Waals surface area (Å²) in [6, 6.07) is 0. The molecule has 0 bridgehead atoms. The van der Waals surface area contributed by atoms with Crippen LogP contribution < -0.4 is 0 Å². The lowest BCUT2D eigenvalue weighted by Gasteiger charge is -2.36. The predicted octanol–water partition coefficient (Wildman–Crippen LogP) is 4.70. The van der Waals surface area contributed by atoms with Crippen LogP contribution in [0, 0.1) is 12.8 Å². The number of esters is 1. The average molecular weight is 359 g/mol. The third-order valence-corrected chi connectivity index (χ3v) is 6.18. The van der Waals surface area contributed by atoms with Gasteiger partial charge in [0.25, 0.3) is 5.92 Å². The second-order valence-electron chi connectivity index (χ2n) is 6.83. The SMILES string of the molecule is CC[C@@H](c1scc(C(=O)OC)c1C)C1CCN(CC(C)(F)F)CC1. The molecule has 1 saturated heterocycles. The fraction of sp³-hybridized carbons (Fsp3) is 0.722. The Kier molecular flexibility index (Phi) is 6.37. The lowest BCUT2D eigenvalue weighted by Crippen LogP contribution is -2.41. The number of nitrogens with zero attached hydrogens (tertiary/aromatic N) is 1. The monoisotopic (exact) mass is 359 g/mol. The van der Waals surface area contributed by atoms with Crippen LogP contribution in [0.5, 0.6) is 0 Å². The first-order valence-corrected chi connectivity index (χ1v) is 9.41. The van der Waals surface area contributed by atoms with Gasteiger partial charge in [-0.25, -0.2) is 13.6 Å². The van der Waals surface area contributed by atoms with Crippen LogP contribution in [0.25, 0.3) is 0 Å². The van der Waals surface area contributed by atoms with Crippen molar-refractivity contribution < 1.29 is 18.3 Å². The summed E-state index contributed by atoms with van der Waals surface area (Å²) in [7, 11) is 1.40. The van der Waals surface area contributed by atoms with E-state index >= 15 is 0 Å². The van der Waals surface area contributed by atoms with Crippen LogP contribution in [0.15, 0.2) is 5.38 Å². The molecular weight excluding hydrogens is 332 g/mol. The van der Waals surface area contributed by atoms with Crippen molar-refractivity contribution >= 4 is 17.3 Å². The standard InChI is InChI=1S/C18H27F2NO2S/c1-5-14(16-12(2)15(10-24-16)17(22)23-4)13-6-8-21(9-7-13)11-18(3,19)20/h10,13-14H,5-9,11H2,1-4H3/t14-/m1/s1. The Morgan fingerprint density at radius 3 is 2.58 bits per heavy atom. The summed E-state index contributed by atoms with van der Waals surface area (Å²) in [5.74, 6) is -2.04. The van der Waals surface area contributed by atoms with Gasteiger partial charge in [-0.15, -0.1) is 11.3 Å². The van der Waals surface area contributed by atoms with E-state index in [1.807, 2.05) is 17.2 Å². The summed E-state index contributed by atoms with van der Waals surface area (Å²) >= 11 is 1.62. The van der Waals surface area contributed by atoms with Gasteiger partial charge in [0.2, 0.25) is 0 Å². The molecule has 3 nitrogen and oxygen atoms in total. The third kappa shape index (κ3) is 4.54. The maximum atomic E-state index is 13.2. The molecule has 0 aromatic carbocycles. The van der Waals surface area contributed by atoms with E-state index in [0.29, 0.717) is 17.4 Å². The zero-order chi connectivity index (χ0) is 17.9. The number of piperidine rings is 1. The molecule has 1 aromatic rings. The molecule has 1 aliphatic rings. The summed E-state index contributed by atoms with van der Waals surface area (Å²) in [6.07, 6.45) is 2.86. The predicted molar refractivity (Wildman–Crippen MR) is 93.2 cm³/mol. The van der Waals surface area contributed by atoms with Gasteiger partial charge in [-0.2, -0.15) is 0 Å². The van der Waals surface area contributed by atoms with Crippen molar-refractivity contribution in [2.24, 2.45) is 5.92 Å². The van der Waals surface area contributed by atoms with Gasteiger partial charge in [0, 0.05) is 17.2 Å². The number of halogens is 2. The van der Waals surface area contributed by atoms with Crippen LogP contribution in [-0.2, 0) is 4.74 Å². The summed E-state index contributed by atoms with van der Waals surface area (Å²) in [6.45, 7) is 6.41. The molecule has 1 fully saturated rings. The largest absolute Gasteiger partial charge is 0.465 e. The van der Waals surface area contributed by atoms with E-state index in [2.05, 4.69) is 6.92 Å². The van der Waals surface area contributed by atoms with Gasteiger partial charge in [0.05, 0.1) is 19.2 Å². The van der Waals surface area contributed by atoms with E-state index in [1.54, 1.807) is 11.3 Å². The summed E-state index contributed by atoms with van der Waals surface area (Å²) in [4.78, 5) is 14.9. The van der Waals surface area contributed by atoms with Crippen molar-refractivity contribution in [2.75, 3.05) is 26.7 Å². The number of rotatable bonds is 6. The van der Waals surface area contributed by atoms with Gasteiger partial charge in [-0.05, 0) is 56.7 Å². The van der Waals surface area contributed by atoms with Gasteiger partial charge in [0.15, 0.2) is 0 Å². The molecule has 0 N–H and O–H groups in total. The van der Waals surface area contributed by atoms with Gasteiger partial charge in [-0.1, -0.05) is 6.92 Å². The Morgan fingerprint density at radius 1 is 1.46 bits per heavy atom. The summed E-state index contributed by atoms with van der Waals surface area (Å²) in [5, 5.41) is 1.88. The van der Waals surface area contributed by atoms with E-state index in [0.717, 1.165) is 44.8 Å². The molecule has 0 unspecified atom stereocenters. The topological polar surface area (TPSA) is 29.5 Å². The third-order valence-electron chi connectivity index (χ3n) is 4.96. The summed E-state index contributed by atoms with van der Waals surface area (Å²) < 4.78 is 31.2. The fourth-order valence-corrected chi connectivity index (χ4v) is 5.09. The Labute approximate surface area is 147 Å². The Morgan fingerprint density at radius 2 is 2.08 bits per heavy atom. The molecule has 1 atom stereocenters. The second-order valence-corrected chi connectivity index (χ2v) is 7.74. The zero-order valence-electron chi connectivity index (χ0n) is 14.9. The molecule has 0 amide bonds. The van der Waals surface area contributed by atoms with E-state index in [1.165, 1.54) is 12.0 Å². The van der Waals surface area contributed by atoms with Crippen molar-refractivity contribution in [3.63, 3.8) is 0 Å². The van der Waals surface area contributed by atoms with Crippen LogP contribution in [0.4, 0.5) is 8.78 Å². The van der Waals surface area contributed by atoms with E-state index < -0.39 is 5.92 Å². The molecule has 1 aliphatic heterocycles. The molecule has 2 heterocycles. The molecule has 0 aliphatic carbocycles. The molecular formula is C18H27F2NO2S. The number of methoxy groups -OCH3 is 1. The fourth-order valence-electron chi connectivity index (χ4n) is 3.75. The number of alkyl halides is 2. The highest BCUT2D eigenvalue weighted by molar-refractivity contribution is 7.10. The molecule has 0 radical (unpaired) electrons. The zero-order valence-corrected chi connectivity index (χ0v) is 15.7. The lowest BCUT2D eigenvalue weighted by molar-refractivity contribution is -0.0232. The van der Waals surface area contributed by atoms with Crippen LogP contribution in [0.1, 0.15) is 59.8 Å². The minimum atomic E-state index is -2.63. The number of likely N-dealkylation sites (tertiary alicyclic amines) is 1. The van der Waals surface area contributed by atoms with Gasteiger partial charge < -0.3 is 4.74 Å². The molecule has 0 saturated carbocycles. The maximum Gasteiger partial charge on any atom is 0.338 e. The van der Waals surface area contributed by atoms with Crippen molar-refractivity contribution in [1.29, 1.82) is 0 Å². The Hall–Kier alpha value is -1.01. The minimum Gasteiger partial charge on any atom is -0.465 e. The highest BCUT2D eigenvalue weighted by Gasteiger charge is 2.32. The first-order chi connectivity index (χ1) is 11.3. The Bertz CT molecular complexity index is 560. The number of carbonyl (C=O) groups excluding carboxylic acids is 1. The van der Waals surface area contributed by atoms with Crippen LogP contribution >= 0.6 is 11.3 Å². The van der Waals surface area contributed by atoms with Gasteiger partial charge in [0.1, 0.15) is 0 Å². The van der Waals surface area contributed by atoms with Gasteiger partial charge in [-0.3, -0.25) is 4.90 Å². The molecule has 136 valence electrons. The Balaban J connectivity index is 2.06. The number of ether oxygens (including phenoxy) is 1. The van der Waals surface area contributed by atoms with Crippen molar-refractivity contribution in [2.45, 2.75) is 51.9 Å². The van der Waals surface area contributed by atoms with Crippen LogP contribution in [0.3, 0.4) is 0 Å². The highest BCUT2D eigenvalue weighted by Crippen LogP contribution is 2.40. The molecule has 1 aromatic heterocycles. The first-order valence-electron chi connectivity index (χ1n) is 8.53. The van der Waals surface area contributed by atoms with E-state index in [-0.39, 0.29) is 12.5 Å².